The Labute approximate surface area is 195 Å². The summed E-state index contributed by atoms with van der Waals surface area (Å²) in [5.74, 6) is -0.890. The molecule has 0 bridgehead atoms. The average molecular weight is 458 g/mol. The number of nitrogens with two attached hydrogens (primary N) is 2. The Balaban J connectivity index is 1.62. The van der Waals surface area contributed by atoms with Crippen LogP contribution in [0.15, 0.2) is 66.7 Å². The van der Waals surface area contributed by atoms with Gasteiger partial charge in [0.05, 0.1) is 22.0 Å². The number of aromatic nitrogens is 2. The first-order chi connectivity index (χ1) is 15.9. The number of hydrogen-bond donors (Lipinski definition) is 3. The van der Waals surface area contributed by atoms with E-state index in [1.807, 2.05) is 30.3 Å². The smallest absolute Gasteiger partial charge is 0.269 e. The molecule has 5 N–H and O–H groups in total. The maximum absolute atomic E-state index is 12.8. The van der Waals surface area contributed by atoms with Crippen molar-refractivity contribution in [3.05, 3.63) is 94.1 Å². The fourth-order valence-electron chi connectivity index (χ4n) is 4.20. The van der Waals surface area contributed by atoms with Crippen LogP contribution in [0.3, 0.4) is 0 Å². The molecule has 1 heterocycles. The second-order valence-electron chi connectivity index (χ2n) is 7.85. The van der Waals surface area contributed by atoms with Gasteiger partial charge in [0.15, 0.2) is 5.69 Å². The Morgan fingerprint density at radius 1 is 1.00 bits per heavy atom. The van der Waals surface area contributed by atoms with Gasteiger partial charge in [-0.05, 0) is 60.9 Å². The number of anilines is 2. The van der Waals surface area contributed by atoms with E-state index < -0.39 is 5.91 Å². The Kier molecular flexibility index (Phi) is 5.11. The lowest BCUT2D eigenvalue weighted by Gasteiger charge is -2.20. The number of rotatable bonds is 4. The summed E-state index contributed by atoms with van der Waals surface area (Å²) in [6, 6.07) is 19.8. The van der Waals surface area contributed by atoms with E-state index in [1.54, 1.807) is 41.1 Å². The Bertz CT molecular complexity index is 1430. The lowest BCUT2D eigenvalue weighted by atomic mass is 9.88. The van der Waals surface area contributed by atoms with E-state index in [0.29, 0.717) is 28.4 Å². The van der Waals surface area contributed by atoms with Gasteiger partial charge in [0, 0.05) is 22.5 Å². The molecule has 0 radical (unpaired) electrons. The molecule has 0 unspecified atom stereocenters. The van der Waals surface area contributed by atoms with Crippen molar-refractivity contribution in [1.29, 1.82) is 0 Å². The number of benzene rings is 3. The number of amides is 2. The monoisotopic (exact) mass is 457 g/mol. The molecule has 0 saturated carbocycles. The maximum Gasteiger partial charge on any atom is 0.269 e. The second kappa shape index (κ2) is 8.11. The highest BCUT2D eigenvalue weighted by atomic mass is 35.5. The van der Waals surface area contributed by atoms with Crippen LogP contribution >= 0.6 is 11.6 Å². The number of fused-ring (bicyclic) bond motifs is 3. The molecule has 5 rings (SSSR count). The third-order valence-electron chi connectivity index (χ3n) is 5.72. The van der Waals surface area contributed by atoms with Crippen molar-refractivity contribution in [2.24, 2.45) is 5.73 Å². The SMILES string of the molecule is NC(=O)c1nn(-c2cccc(N)c2)c2c1CCc1ccc(NC(=O)c3ccccc3Cl)cc1-2. The zero-order chi connectivity index (χ0) is 23.1. The number of hydrogen-bond acceptors (Lipinski definition) is 4. The minimum Gasteiger partial charge on any atom is -0.399 e. The summed E-state index contributed by atoms with van der Waals surface area (Å²) in [5, 5.41) is 7.82. The molecule has 3 aromatic carbocycles. The number of halogens is 1. The van der Waals surface area contributed by atoms with Crippen LogP contribution in [0.25, 0.3) is 16.9 Å². The van der Waals surface area contributed by atoms with Crippen LogP contribution in [-0.2, 0) is 12.8 Å². The normalized spacial score (nSPS) is 12.0. The van der Waals surface area contributed by atoms with Crippen LogP contribution in [-0.4, -0.2) is 21.6 Å². The summed E-state index contributed by atoms with van der Waals surface area (Å²) >= 11 is 6.17. The van der Waals surface area contributed by atoms with Crippen LogP contribution < -0.4 is 16.8 Å². The molecule has 1 aliphatic rings. The Morgan fingerprint density at radius 2 is 1.82 bits per heavy atom. The molecule has 1 aliphatic carbocycles. The summed E-state index contributed by atoms with van der Waals surface area (Å²) in [6.45, 7) is 0. The lowest BCUT2D eigenvalue weighted by Crippen LogP contribution is -2.15. The highest BCUT2D eigenvalue weighted by Gasteiger charge is 2.28. The zero-order valence-electron chi connectivity index (χ0n) is 17.5. The lowest BCUT2D eigenvalue weighted by molar-refractivity contribution is 0.0992. The Hall–Kier alpha value is -4.10. The van der Waals surface area contributed by atoms with Gasteiger partial charge in [0.2, 0.25) is 0 Å². The van der Waals surface area contributed by atoms with E-state index >= 15 is 0 Å². The van der Waals surface area contributed by atoms with Crippen LogP contribution in [0.2, 0.25) is 5.02 Å². The number of primary amides is 1. The van der Waals surface area contributed by atoms with E-state index in [4.69, 9.17) is 23.1 Å². The first kappa shape index (κ1) is 20.8. The fraction of sp³-hybridized carbons (Fsp3) is 0.0800. The van der Waals surface area contributed by atoms with Gasteiger partial charge in [-0.25, -0.2) is 4.68 Å². The van der Waals surface area contributed by atoms with Gasteiger partial charge in [-0.1, -0.05) is 35.9 Å². The second-order valence-corrected chi connectivity index (χ2v) is 8.26. The summed E-state index contributed by atoms with van der Waals surface area (Å²) in [4.78, 5) is 24.9. The molecular weight excluding hydrogens is 438 g/mol. The quantitative estimate of drug-likeness (QED) is 0.398. The van der Waals surface area contributed by atoms with Crippen molar-refractivity contribution >= 4 is 34.8 Å². The van der Waals surface area contributed by atoms with Crippen molar-refractivity contribution in [3.63, 3.8) is 0 Å². The van der Waals surface area contributed by atoms with Crippen LogP contribution in [0.4, 0.5) is 11.4 Å². The summed E-state index contributed by atoms with van der Waals surface area (Å²) in [7, 11) is 0. The third-order valence-corrected chi connectivity index (χ3v) is 6.05. The minimum atomic E-state index is -0.583. The van der Waals surface area contributed by atoms with E-state index in [-0.39, 0.29) is 11.6 Å². The van der Waals surface area contributed by atoms with Crippen molar-refractivity contribution in [1.82, 2.24) is 9.78 Å². The summed E-state index contributed by atoms with van der Waals surface area (Å²) in [5.41, 5.74) is 17.7. The highest BCUT2D eigenvalue weighted by molar-refractivity contribution is 6.34. The van der Waals surface area contributed by atoms with E-state index in [9.17, 15) is 9.59 Å². The first-order valence-corrected chi connectivity index (χ1v) is 10.8. The minimum absolute atomic E-state index is 0.239. The molecular formula is C25H20ClN5O2. The number of aryl methyl sites for hydroxylation is 1. The van der Waals surface area contributed by atoms with Gasteiger partial charge >= 0.3 is 0 Å². The number of nitrogens with zero attached hydrogens (tertiary/aromatic N) is 2. The first-order valence-electron chi connectivity index (χ1n) is 10.4. The molecule has 0 fully saturated rings. The van der Waals surface area contributed by atoms with Crippen molar-refractivity contribution in [2.75, 3.05) is 11.1 Å². The zero-order valence-corrected chi connectivity index (χ0v) is 18.3. The molecule has 0 saturated heterocycles. The standard InChI is InChI=1S/C25H20ClN5O2/c26-21-7-2-1-6-18(21)25(33)29-16-10-8-14-9-11-19-22(24(28)32)30-31(23(19)20(14)13-16)17-5-3-4-15(27)12-17/h1-8,10,12-13H,9,11,27H2,(H2,28,32)(H,29,33). The molecule has 164 valence electrons. The van der Waals surface area contributed by atoms with Gasteiger partial charge in [-0.15, -0.1) is 0 Å². The fourth-order valence-corrected chi connectivity index (χ4v) is 4.42. The Morgan fingerprint density at radius 3 is 2.58 bits per heavy atom. The molecule has 33 heavy (non-hydrogen) atoms. The molecule has 4 aromatic rings. The molecule has 0 spiro atoms. The molecule has 1 aromatic heterocycles. The molecule has 0 atom stereocenters. The maximum atomic E-state index is 12.8. The molecule has 2 amide bonds. The summed E-state index contributed by atoms with van der Waals surface area (Å²) < 4.78 is 1.70. The highest BCUT2D eigenvalue weighted by Crippen LogP contribution is 2.38. The largest absolute Gasteiger partial charge is 0.399 e. The number of carbonyl (C=O) groups is 2. The summed E-state index contributed by atoms with van der Waals surface area (Å²) in [6.07, 6.45) is 1.36. The van der Waals surface area contributed by atoms with Crippen LogP contribution in [0.1, 0.15) is 32.0 Å². The third kappa shape index (κ3) is 3.72. The number of carbonyl (C=O) groups excluding carboxylic acids is 2. The predicted molar refractivity (Wildman–Crippen MR) is 129 cm³/mol. The van der Waals surface area contributed by atoms with Gasteiger partial charge in [-0.2, -0.15) is 5.10 Å². The van der Waals surface area contributed by atoms with E-state index in [0.717, 1.165) is 34.5 Å². The number of nitrogen functional groups attached to an aromatic ring is 1. The van der Waals surface area contributed by atoms with E-state index in [1.165, 1.54) is 0 Å². The van der Waals surface area contributed by atoms with Gasteiger partial charge in [0.1, 0.15) is 0 Å². The van der Waals surface area contributed by atoms with E-state index in [2.05, 4.69) is 10.4 Å². The van der Waals surface area contributed by atoms with Crippen LogP contribution in [0.5, 0.6) is 0 Å². The van der Waals surface area contributed by atoms with Crippen molar-refractivity contribution < 1.29 is 9.59 Å². The average Bonchev–Trinajstić information content (AvgIpc) is 3.20. The van der Waals surface area contributed by atoms with Crippen LogP contribution in [0, 0.1) is 0 Å². The molecule has 0 aliphatic heterocycles. The van der Waals surface area contributed by atoms with Crippen molar-refractivity contribution in [3.8, 4) is 16.9 Å². The van der Waals surface area contributed by atoms with Gasteiger partial charge < -0.3 is 16.8 Å². The topological polar surface area (TPSA) is 116 Å². The molecule has 7 nitrogen and oxygen atoms in total. The van der Waals surface area contributed by atoms with Gasteiger partial charge in [0.25, 0.3) is 11.8 Å². The van der Waals surface area contributed by atoms with Crippen molar-refractivity contribution in [2.45, 2.75) is 12.8 Å². The van der Waals surface area contributed by atoms with Gasteiger partial charge in [-0.3, -0.25) is 9.59 Å². The molecule has 8 heteroatoms. The number of nitrogens with one attached hydrogen (secondary N) is 1. The predicted octanol–water partition coefficient (Wildman–Crippen LogP) is 4.22.